The summed E-state index contributed by atoms with van der Waals surface area (Å²) in [5, 5.41) is 0. The van der Waals surface area contributed by atoms with Crippen molar-refractivity contribution in [2.45, 2.75) is 58.5 Å². The molecule has 4 rings (SSSR count). The first-order chi connectivity index (χ1) is 14.0. The molecule has 3 aliphatic rings. The summed E-state index contributed by atoms with van der Waals surface area (Å²) in [5.41, 5.74) is 2.61. The highest BCUT2D eigenvalue weighted by Gasteiger charge is 2.45. The van der Waals surface area contributed by atoms with E-state index in [2.05, 4.69) is 17.0 Å². The molecule has 2 fully saturated rings. The minimum atomic E-state index is -3.17. The van der Waals surface area contributed by atoms with Gasteiger partial charge in [-0.1, -0.05) is 0 Å². The fraction of sp³-hybridized carbons (Fsp3) is 0.727. The van der Waals surface area contributed by atoms with Crippen LogP contribution in [0.1, 0.15) is 57.2 Å². The highest BCUT2D eigenvalue weighted by atomic mass is 32.2. The number of ether oxygens (including phenoxy) is 2. The first-order valence-corrected chi connectivity index (χ1v) is 12.7. The summed E-state index contributed by atoms with van der Waals surface area (Å²) in [5.74, 6) is 2.26. The SMILES string of the molecule is CCOc1cc2c(cc1OCC)[C@@H]1C[C@H]3[C@H](CCCN3S(=O)(=O)CC)CN1CC2. The summed E-state index contributed by atoms with van der Waals surface area (Å²) in [7, 11) is -3.17. The molecule has 3 aliphatic heterocycles. The highest BCUT2D eigenvalue weighted by Crippen LogP contribution is 2.46. The van der Waals surface area contributed by atoms with Crippen LogP contribution in [0.4, 0.5) is 0 Å². The van der Waals surface area contributed by atoms with Crippen molar-refractivity contribution < 1.29 is 17.9 Å². The predicted molar refractivity (Wildman–Crippen MR) is 114 cm³/mol. The van der Waals surface area contributed by atoms with E-state index in [9.17, 15) is 8.42 Å². The van der Waals surface area contributed by atoms with E-state index in [0.29, 0.717) is 25.7 Å². The fourth-order valence-electron chi connectivity index (χ4n) is 5.46. The van der Waals surface area contributed by atoms with E-state index in [1.807, 2.05) is 18.2 Å². The molecule has 0 spiro atoms. The molecule has 0 unspecified atom stereocenters. The number of benzene rings is 1. The largest absolute Gasteiger partial charge is 0.490 e. The molecule has 0 saturated carbocycles. The van der Waals surface area contributed by atoms with Crippen molar-refractivity contribution in [1.29, 1.82) is 0 Å². The van der Waals surface area contributed by atoms with Gasteiger partial charge >= 0.3 is 0 Å². The zero-order valence-corrected chi connectivity index (χ0v) is 18.7. The van der Waals surface area contributed by atoms with Gasteiger partial charge < -0.3 is 9.47 Å². The van der Waals surface area contributed by atoms with Crippen LogP contribution in [0.2, 0.25) is 0 Å². The van der Waals surface area contributed by atoms with Crippen LogP contribution < -0.4 is 9.47 Å². The fourth-order valence-corrected chi connectivity index (χ4v) is 6.87. The van der Waals surface area contributed by atoms with E-state index < -0.39 is 10.0 Å². The van der Waals surface area contributed by atoms with Crippen molar-refractivity contribution in [2.24, 2.45) is 5.92 Å². The third kappa shape index (κ3) is 3.89. The minimum absolute atomic E-state index is 0.114. The Morgan fingerprint density at radius 3 is 2.48 bits per heavy atom. The second kappa shape index (κ2) is 8.44. The first kappa shape index (κ1) is 20.9. The normalized spacial score (nSPS) is 27.6. The topological polar surface area (TPSA) is 59.1 Å². The summed E-state index contributed by atoms with van der Waals surface area (Å²) in [4.78, 5) is 2.57. The van der Waals surface area contributed by atoms with E-state index in [4.69, 9.17) is 9.47 Å². The molecule has 29 heavy (non-hydrogen) atoms. The number of piperidine rings is 2. The van der Waals surface area contributed by atoms with E-state index in [1.54, 1.807) is 6.92 Å². The van der Waals surface area contributed by atoms with Crippen LogP contribution in [0.25, 0.3) is 0 Å². The van der Waals surface area contributed by atoms with Gasteiger partial charge in [0.25, 0.3) is 0 Å². The molecule has 0 aliphatic carbocycles. The van der Waals surface area contributed by atoms with E-state index in [0.717, 1.165) is 50.3 Å². The van der Waals surface area contributed by atoms with Crippen molar-refractivity contribution in [1.82, 2.24) is 9.21 Å². The molecule has 3 heterocycles. The molecule has 0 amide bonds. The highest BCUT2D eigenvalue weighted by molar-refractivity contribution is 7.89. The van der Waals surface area contributed by atoms with Gasteiger partial charge in [-0.05, 0) is 75.6 Å². The first-order valence-electron chi connectivity index (χ1n) is 11.1. The van der Waals surface area contributed by atoms with Gasteiger partial charge in [0.05, 0.1) is 19.0 Å². The van der Waals surface area contributed by atoms with Crippen LogP contribution in [0.3, 0.4) is 0 Å². The Balaban J connectivity index is 1.68. The molecule has 162 valence electrons. The van der Waals surface area contributed by atoms with E-state index >= 15 is 0 Å². The Kier molecular flexibility index (Phi) is 6.09. The van der Waals surface area contributed by atoms with Crippen LogP contribution in [0.15, 0.2) is 12.1 Å². The summed E-state index contributed by atoms with van der Waals surface area (Å²) >= 11 is 0. The van der Waals surface area contributed by atoms with Crippen molar-refractivity contribution >= 4 is 10.0 Å². The van der Waals surface area contributed by atoms with E-state index in [-0.39, 0.29) is 17.8 Å². The standard InChI is InChI=1S/C22H34N2O4S/c1-4-27-21-12-16-9-11-23-15-17-8-7-10-24(29(25,26)6-3)19(17)14-20(23)18(16)13-22(21)28-5-2/h12-13,17,19-20H,4-11,14-15H2,1-3H3/t17-,19+,20+/m1/s1. The van der Waals surface area contributed by atoms with Crippen LogP contribution in [0.5, 0.6) is 11.5 Å². The molecule has 0 bridgehead atoms. The lowest BCUT2D eigenvalue weighted by atomic mass is 9.77. The Morgan fingerprint density at radius 2 is 1.79 bits per heavy atom. The monoisotopic (exact) mass is 422 g/mol. The predicted octanol–water partition coefficient (Wildman–Crippen LogP) is 3.22. The third-order valence-corrected chi connectivity index (χ3v) is 8.69. The van der Waals surface area contributed by atoms with Gasteiger partial charge in [0, 0.05) is 31.7 Å². The average molecular weight is 423 g/mol. The van der Waals surface area contributed by atoms with Crippen molar-refractivity contribution in [3.8, 4) is 11.5 Å². The minimum Gasteiger partial charge on any atom is -0.490 e. The van der Waals surface area contributed by atoms with Gasteiger partial charge in [-0.2, -0.15) is 4.31 Å². The van der Waals surface area contributed by atoms with E-state index in [1.165, 1.54) is 11.1 Å². The molecule has 0 radical (unpaired) electrons. The molecule has 0 aromatic heterocycles. The molecule has 2 saturated heterocycles. The van der Waals surface area contributed by atoms with Gasteiger partial charge in [-0.15, -0.1) is 0 Å². The van der Waals surface area contributed by atoms with Crippen LogP contribution in [-0.4, -0.2) is 62.3 Å². The van der Waals surface area contributed by atoms with Crippen LogP contribution in [0, 0.1) is 5.92 Å². The lowest BCUT2D eigenvalue weighted by Gasteiger charge is -2.51. The lowest BCUT2D eigenvalue weighted by molar-refractivity contribution is 0.0219. The molecule has 7 heteroatoms. The molecule has 3 atom stereocenters. The lowest BCUT2D eigenvalue weighted by Crippen LogP contribution is -2.57. The maximum absolute atomic E-state index is 12.7. The van der Waals surface area contributed by atoms with Crippen LogP contribution >= 0.6 is 0 Å². The van der Waals surface area contributed by atoms with Crippen molar-refractivity contribution in [2.75, 3.05) is 38.6 Å². The number of nitrogens with zero attached hydrogens (tertiary/aromatic N) is 2. The number of hydrogen-bond acceptors (Lipinski definition) is 5. The quantitative estimate of drug-likeness (QED) is 0.705. The Morgan fingerprint density at radius 1 is 1.07 bits per heavy atom. The Labute approximate surface area is 175 Å². The second-order valence-electron chi connectivity index (χ2n) is 8.34. The molecule has 1 aromatic rings. The number of fused-ring (bicyclic) bond motifs is 4. The van der Waals surface area contributed by atoms with Gasteiger partial charge in [0.1, 0.15) is 0 Å². The average Bonchev–Trinajstić information content (AvgIpc) is 2.72. The molecule has 1 aromatic carbocycles. The molecule has 6 nitrogen and oxygen atoms in total. The van der Waals surface area contributed by atoms with Crippen molar-refractivity contribution in [3.05, 3.63) is 23.3 Å². The zero-order valence-electron chi connectivity index (χ0n) is 17.9. The van der Waals surface area contributed by atoms with Gasteiger partial charge in [0.15, 0.2) is 11.5 Å². The summed E-state index contributed by atoms with van der Waals surface area (Å²) in [6, 6.07) is 4.67. The molecular formula is C22H34N2O4S. The number of hydrogen-bond donors (Lipinski definition) is 0. The number of sulfonamides is 1. The number of rotatable bonds is 6. The Bertz CT molecular complexity index is 841. The maximum Gasteiger partial charge on any atom is 0.214 e. The maximum atomic E-state index is 12.7. The summed E-state index contributed by atoms with van der Waals surface area (Å²) < 4.78 is 39.0. The summed E-state index contributed by atoms with van der Waals surface area (Å²) in [6.45, 7) is 9.63. The molecule has 0 N–H and O–H groups in total. The van der Waals surface area contributed by atoms with Crippen molar-refractivity contribution in [3.63, 3.8) is 0 Å². The summed E-state index contributed by atoms with van der Waals surface area (Å²) in [6.07, 6.45) is 3.98. The van der Waals surface area contributed by atoms with Crippen LogP contribution in [-0.2, 0) is 16.4 Å². The molecular weight excluding hydrogens is 388 g/mol. The second-order valence-corrected chi connectivity index (χ2v) is 10.6. The van der Waals surface area contributed by atoms with Gasteiger partial charge in [0.2, 0.25) is 10.0 Å². The third-order valence-electron chi connectivity index (χ3n) is 6.80. The van der Waals surface area contributed by atoms with Gasteiger partial charge in [-0.25, -0.2) is 8.42 Å². The Hall–Kier alpha value is -1.31. The van der Waals surface area contributed by atoms with Gasteiger partial charge in [-0.3, -0.25) is 4.90 Å². The zero-order chi connectivity index (χ0) is 20.6. The smallest absolute Gasteiger partial charge is 0.214 e.